The topological polar surface area (TPSA) is 32.5 Å². The predicted molar refractivity (Wildman–Crippen MR) is 68.5 cm³/mol. The molecule has 0 aromatic carbocycles. The summed E-state index contributed by atoms with van der Waals surface area (Å²) in [5, 5.41) is 0. The second-order valence-corrected chi connectivity index (χ2v) is 6.33. The smallest absolute Gasteiger partial charge is 0.0137 e. The van der Waals surface area contributed by atoms with Crippen LogP contribution in [-0.4, -0.2) is 54.1 Å². The molecule has 2 N–H and O–H groups in total. The molecule has 1 heterocycles. The molecule has 0 radical (unpaired) electrons. The van der Waals surface area contributed by atoms with Gasteiger partial charge < -0.3 is 5.73 Å². The molecule has 0 aromatic rings. The van der Waals surface area contributed by atoms with E-state index >= 15 is 0 Å². The Morgan fingerprint density at radius 3 is 2.06 bits per heavy atom. The first-order valence-electron chi connectivity index (χ1n) is 6.71. The van der Waals surface area contributed by atoms with Gasteiger partial charge in [-0.15, -0.1) is 0 Å². The first kappa shape index (κ1) is 12.3. The number of hydrogen-bond donors (Lipinski definition) is 1. The Morgan fingerprint density at radius 2 is 1.69 bits per heavy atom. The van der Waals surface area contributed by atoms with Gasteiger partial charge in [0.05, 0.1) is 0 Å². The molecule has 2 unspecified atom stereocenters. The molecule has 2 aliphatic rings. The van der Waals surface area contributed by atoms with Gasteiger partial charge in [-0.2, -0.15) is 0 Å². The van der Waals surface area contributed by atoms with Crippen LogP contribution in [0.2, 0.25) is 0 Å². The molecule has 1 aliphatic heterocycles. The summed E-state index contributed by atoms with van der Waals surface area (Å²) in [5.74, 6) is 0.779. The van der Waals surface area contributed by atoms with Gasteiger partial charge in [-0.05, 0) is 46.1 Å². The number of piperazine rings is 1. The van der Waals surface area contributed by atoms with E-state index in [0.717, 1.165) is 18.5 Å². The summed E-state index contributed by atoms with van der Waals surface area (Å²) in [4.78, 5) is 5.27. The maximum absolute atomic E-state index is 5.79. The van der Waals surface area contributed by atoms with Gasteiger partial charge in [-0.3, -0.25) is 9.80 Å². The van der Waals surface area contributed by atoms with E-state index < -0.39 is 0 Å². The lowest BCUT2D eigenvalue weighted by atomic mass is 9.78. The normalized spacial score (nSPS) is 33.8. The average molecular weight is 225 g/mol. The standard InChI is InChI=1S/C13H27N3/c1-13(2,3)16-8-6-15(7-9-16)12-5-4-11(12)10-14/h11-12H,4-10,14H2,1-3H3. The van der Waals surface area contributed by atoms with Crippen LogP contribution < -0.4 is 5.73 Å². The third-order valence-electron chi connectivity index (χ3n) is 4.41. The van der Waals surface area contributed by atoms with Crippen molar-refractivity contribution in [2.75, 3.05) is 32.7 Å². The van der Waals surface area contributed by atoms with Gasteiger partial charge in [-0.25, -0.2) is 0 Å². The molecule has 3 nitrogen and oxygen atoms in total. The van der Waals surface area contributed by atoms with Gasteiger partial charge in [0.2, 0.25) is 0 Å². The van der Waals surface area contributed by atoms with E-state index in [0.29, 0.717) is 5.54 Å². The maximum atomic E-state index is 5.79. The van der Waals surface area contributed by atoms with E-state index in [9.17, 15) is 0 Å². The van der Waals surface area contributed by atoms with Gasteiger partial charge in [0, 0.05) is 37.8 Å². The summed E-state index contributed by atoms with van der Waals surface area (Å²) in [6.07, 6.45) is 2.72. The first-order valence-corrected chi connectivity index (χ1v) is 6.71. The van der Waals surface area contributed by atoms with E-state index in [1.54, 1.807) is 0 Å². The Labute approximate surface area is 100.0 Å². The van der Waals surface area contributed by atoms with Crippen molar-refractivity contribution < 1.29 is 0 Å². The Morgan fingerprint density at radius 1 is 1.06 bits per heavy atom. The summed E-state index contributed by atoms with van der Waals surface area (Å²) in [6.45, 7) is 12.7. The molecule has 0 bridgehead atoms. The lowest BCUT2D eigenvalue weighted by molar-refractivity contribution is -0.00199. The fourth-order valence-electron chi connectivity index (χ4n) is 3.03. The highest BCUT2D eigenvalue weighted by molar-refractivity contribution is 4.92. The molecule has 2 fully saturated rings. The van der Waals surface area contributed by atoms with Crippen molar-refractivity contribution in [2.24, 2.45) is 11.7 Å². The molecule has 94 valence electrons. The highest BCUT2D eigenvalue weighted by atomic mass is 15.3. The van der Waals surface area contributed by atoms with Crippen LogP contribution in [0.4, 0.5) is 0 Å². The molecule has 2 atom stereocenters. The van der Waals surface area contributed by atoms with Crippen LogP contribution in [0.25, 0.3) is 0 Å². The highest BCUT2D eigenvalue weighted by Crippen LogP contribution is 2.32. The molecule has 1 saturated carbocycles. The average Bonchev–Trinajstić information content (AvgIpc) is 2.16. The van der Waals surface area contributed by atoms with Crippen LogP contribution in [0.1, 0.15) is 33.6 Å². The highest BCUT2D eigenvalue weighted by Gasteiger charge is 2.36. The zero-order chi connectivity index (χ0) is 11.8. The van der Waals surface area contributed by atoms with Crippen molar-refractivity contribution in [2.45, 2.75) is 45.2 Å². The predicted octanol–water partition coefficient (Wildman–Crippen LogP) is 1.14. The van der Waals surface area contributed by atoms with Crippen LogP contribution in [0.15, 0.2) is 0 Å². The number of nitrogens with two attached hydrogens (primary N) is 1. The fourth-order valence-corrected chi connectivity index (χ4v) is 3.03. The molecular weight excluding hydrogens is 198 g/mol. The first-order chi connectivity index (χ1) is 7.52. The van der Waals surface area contributed by atoms with Crippen LogP contribution in [0.3, 0.4) is 0 Å². The lowest BCUT2D eigenvalue weighted by Crippen LogP contribution is -2.59. The Balaban J connectivity index is 1.81. The van der Waals surface area contributed by atoms with Crippen molar-refractivity contribution >= 4 is 0 Å². The van der Waals surface area contributed by atoms with Crippen molar-refractivity contribution in [3.8, 4) is 0 Å². The number of rotatable bonds is 2. The largest absolute Gasteiger partial charge is 0.330 e. The maximum Gasteiger partial charge on any atom is 0.0137 e. The van der Waals surface area contributed by atoms with E-state index in [1.807, 2.05) is 0 Å². The summed E-state index contributed by atoms with van der Waals surface area (Å²) >= 11 is 0. The second-order valence-electron chi connectivity index (χ2n) is 6.33. The molecule has 0 spiro atoms. The monoisotopic (exact) mass is 225 g/mol. The number of hydrogen-bond acceptors (Lipinski definition) is 3. The van der Waals surface area contributed by atoms with E-state index in [1.165, 1.54) is 39.0 Å². The van der Waals surface area contributed by atoms with Gasteiger partial charge in [0.15, 0.2) is 0 Å². The minimum absolute atomic E-state index is 0.332. The number of nitrogens with zero attached hydrogens (tertiary/aromatic N) is 2. The van der Waals surface area contributed by atoms with Crippen LogP contribution >= 0.6 is 0 Å². The molecule has 16 heavy (non-hydrogen) atoms. The van der Waals surface area contributed by atoms with Crippen molar-refractivity contribution in [1.29, 1.82) is 0 Å². The van der Waals surface area contributed by atoms with E-state index in [2.05, 4.69) is 30.6 Å². The van der Waals surface area contributed by atoms with Gasteiger partial charge >= 0.3 is 0 Å². The Kier molecular flexibility index (Phi) is 3.57. The fraction of sp³-hybridized carbons (Fsp3) is 1.00. The summed E-state index contributed by atoms with van der Waals surface area (Å²) < 4.78 is 0. The zero-order valence-corrected chi connectivity index (χ0v) is 11.1. The van der Waals surface area contributed by atoms with Crippen LogP contribution in [0, 0.1) is 5.92 Å². The zero-order valence-electron chi connectivity index (χ0n) is 11.1. The second kappa shape index (κ2) is 4.63. The third kappa shape index (κ3) is 2.41. The summed E-state index contributed by atoms with van der Waals surface area (Å²) in [5.41, 5.74) is 6.12. The minimum Gasteiger partial charge on any atom is -0.330 e. The SMILES string of the molecule is CC(C)(C)N1CCN(C2CCC2CN)CC1. The van der Waals surface area contributed by atoms with Crippen LogP contribution in [0.5, 0.6) is 0 Å². The lowest BCUT2D eigenvalue weighted by Gasteiger charge is -2.49. The molecule has 2 rings (SSSR count). The molecular formula is C13H27N3. The molecule has 1 saturated heterocycles. The Hall–Kier alpha value is -0.120. The summed E-state index contributed by atoms with van der Waals surface area (Å²) in [7, 11) is 0. The molecule has 3 heteroatoms. The molecule has 1 aliphatic carbocycles. The van der Waals surface area contributed by atoms with Gasteiger partial charge in [0.25, 0.3) is 0 Å². The van der Waals surface area contributed by atoms with E-state index in [4.69, 9.17) is 5.73 Å². The van der Waals surface area contributed by atoms with E-state index in [-0.39, 0.29) is 0 Å². The molecule has 0 aromatic heterocycles. The van der Waals surface area contributed by atoms with Crippen molar-refractivity contribution in [3.05, 3.63) is 0 Å². The third-order valence-corrected chi connectivity index (χ3v) is 4.41. The molecule has 0 amide bonds. The Bertz CT molecular complexity index is 224. The summed E-state index contributed by atoms with van der Waals surface area (Å²) in [6, 6.07) is 0.798. The van der Waals surface area contributed by atoms with Crippen molar-refractivity contribution in [3.63, 3.8) is 0 Å². The van der Waals surface area contributed by atoms with Crippen molar-refractivity contribution in [1.82, 2.24) is 9.80 Å². The van der Waals surface area contributed by atoms with Gasteiger partial charge in [-0.1, -0.05) is 0 Å². The minimum atomic E-state index is 0.332. The van der Waals surface area contributed by atoms with Crippen LogP contribution in [-0.2, 0) is 0 Å². The quantitative estimate of drug-likeness (QED) is 0.765. The van der Waals surface area contributed by atoms with Gasteiger partial charge in [0.1, 0.15) is 0 Å².